The van der Waals surface area contributed by atoms with E-state index in [0.29, 0.717) is 6.42 Å². The van der Waals surface area contributed by atoms with Crippen molar-refractivity contribution < 1.29 is 4.79 Å². The highest BCUT2D eigenvalue weighted by atomic mass is 16.1. The zero-order chi connectivity index (χ0) is 15.3. The van der Waals surface area contributed by atoms with Crippen LogP contribution in [-0.2, 0) is 11.2 Å². The number of nitrogens with one attached hydrogen (secondary N) is 2. The van der Waals surface area contributed by atoms with Crippen molar-refractivity contribution >= 4 is 11.5 Å². The average Bonchev–Trinajstić information content (AvgIpc) is 2.91. The SMILES string of the molecule is CC1(C)CC(=O)C2=C(N1)c1nc(-c3ccncc3)[nH]c1CC2. The van der Waals surface area contributed by atoms with E-state index in [4.69, 9.17) is 4.98 Å². The first kappa shape index (κ1) is 13.2. The fraction of sp³-hybridized carbons (Fsp3) is 0.353. The molecule has 4 rings (SSSR count). The molecule has 5 heteroatoms. The Morgan fingerprint density at radius 2 is 1.95 bits per heavy atom. The number of carbonyl (C=O) groups is 1. The molecule has 2 N–H and O–H groups in total. The first-order valence-corrected chi connectivity index (χ1v) is 7.58. The van der Waals surface area contributed by atoms with Gasteiger partial charge >= 0.3 is 0 Å². The van der Waals surface area contributed by atoms with Gasteiger partial charge in [0.2, 0.25) is 0 Å². The maximum Gasteiger partial charge on any atom is 0.163 e. The highest BCUT2D eigenvalue weighted by Crippen LogP contribution is 2.36. The van der Waals surface area contributed by atoms with Gasteiger partial charge in [-0.1, -0.05) is 0 Å². The third-order valence-electron chi connectivity index (χ3n) is 4.30. The van der Waals surface area contributed by atoms with Crippen molar-refractivity contribution in [3.63, 3.8) is 0 Å². The van der Waals surface area contributed by atoms with Crippen LogP contribution in [-0.4, -0.2) is 26.3 Å². The molecule has 0 saturated heterocycles. The fourth-order valence-electron chi connectivity index (χ4n) is 3.27. The van der Waals surface area contributed by atoms with Crippen LogP contribution in [0.3, 0.4) is 0 Å². The van der Waals surface area contributed by atoms with E-state index in [0.717, 1.165) is 46.9 Å². The second kappa shape index (κ2) is 4.53. The van der Waals surface area contributed by atoms with E-state index in [-0.39, 0.29) is 11.3 Å². The number of pyridine rings is 1. The number of hydrogen-bond acceptors (Lipinski definition) is 4. The zero-order valence-electron chi connectivity index (χ0n) is 12.7. The normalized spacial score (nSPS) is 19.5. The van der Waals surface area contributed by atoms with Crippen molar-refractivity contribution in [3.8, 4) is 11.4 Å². The molecule has 0 bridgehead atoms. The summed E-state index contributed by atoms with van der Waals surface area (Å²) in [6.45, 7) is 4.11. The van der Waals surface area contributed by atoms with E-state index in [1.54, 1.807) is 12.4 Å². The molecule has 0 atom stereocenters. The molecule has 0 saturated carbocycles. The van der Waals surface area contributed by atoms with Crippen LogP contribution in [0.15, 0.2) is 30.1 Å². The molecular weight excluding hydrogens is 276 g/mol. The lowest BCUT2D eigenvalue weighted by atomic mass is 9.83. The summed E-state index contributed by atoms with van der Waals surface area (Å²) in [6, 6.07) is 3.87. The number of hydrogen-bond donors (Lipinski definition) is 2. The lowest BCUT2D eigenvalue weighted by Gasteiger charge is -2.36. The van der Waals surface area contributed by atoms with Crippen molar-refractivity contribution in [2.24, 2.45) is 0 Å². The number of allylic oxidation sites excluding steroid dienone is 1. The summed E-state index contributed by atoms with van der Waals surface area (Å²) in [6.07, 6.45) is 5.67. The van der Waals surface area contributed by atoms with E-state index < -0.39 is 0 Å². The van der Waals surface area contributed by atoms with E-state index in [2.05, 4.69) is 29.1 Å². The molecule has 2 aromatic rings. The highest BCUT2D eigenvalue weighted by molar-refractivity contribution is 6.05. The molecular formula is C17H18N4O. The lowest BCUT2D eigenvalue weighted by molar-refractivity contribution is -0.117. The smallest absolute Gasteiger partial charge is 0.163 e. The van der Waals surface area contributed by atoms with Crippen LogP contribution in [0, 0.1) is 0 Å². The monoisotopic (exact) mass is 294 g/mol. The number of H-pyrrole nitrogens is 1. The van der Waals surface area contributed by atoms with E-state index in [1.165, 1.54) is 0 Å². The first-order valence-electron chi connectivity index (χ1n) is 7.58. The number of aromatic amines is 1. The van der Waals surface area contributed by atoms with Gasteiger partial charge < -0.3 is 10.3 Å². The van der Waals surface area contributed by atoms with E-state index in [1.807, 2.05) is 12.1 Å². The largest absolute Gasteiger partial charge is 0.378 e. The van der Waals surface area contributed by atoms with Gasteiger partial charge in [0, 0.05) is 41.2 Å². The molecule has 1 aliphatic heterocycles. The predicted octanol–water partition coefficient (Wildman–Crippen LogP) is 2.47. The van der Waals surface area contributed by atoms with Crippen molar-refractivity contribution in [2.75, 3.05) is 0 Å². The topological polar surface area (TPSA) is 70.7 Å². The van der Waals surface area contributed by atoms with Crippen LogP contribution in [0.1, 0.15) is 38.1 Å². The molecule has 2 aromatic heterocycles. The van der Waals surface area contributed by atoms with E-state index in [9.17, 15) is 4.79 Å². The number of rotatable bonds is 1. The summed E-state index contributed by atoms with van der Waals surface area (Å²) in [7, 11) is 0. The number of aryl methyl sites for hydroxylation is 1. The number of carbonyl (C=O) groups excluding carboxylic acids is 1. The maximum absolute atomic E-state index is 12.4. The maximum atomic E-state index is 12.4. The van der Waals surface area contributed by atoms with Crippen molar-refractivity contribution in [1.82, 2.24) is 20.3 Å². The lowest BCUT2D eigenvalue weighted by Crippen LogP contribution is -2.45. The summed E-state index contributed by atoms with van der Waals surface area (Å²) in [5, 5.41) is 3.51. The fourth-order valence-corrected chi connectivity index (χ4v) is 3.27. The van der Waals surface area contributed by atoms with Gasteiger partial charge in [0.15, 0.2) is 5.78 Å². The third kappa shape index (κ3) is 2.04. The van der Waals surface area contributed by atoms with Crippen LogP contribution in [0.2, 0.25) is 0 Å². The number of ketones is 1. The van der Waals surface area contributed by atoms with Crippen LogP contribution in [0.5, 0.6) is 0 Å². The third-order valence-corrected chi connectivity index (χ3v) is 4.30. The second-order valence-corrected chi connectivity index (χ2v) is 6.61. The Labute approximate surface area is 128 Å². The minimum Gasteiger partial charge on any atom is -0.378 e. The molecule has 22 heavy (non-hydrogen) atoms. The van der Waals surface area contributed by atoms with Gasteiger partial charge in [-0.2, -0.15) is 0 Å². The average molecular weight is 294 g/mol. The van der Waals surface area contributed by atoms with Crippen LogP contribution >= 0.6 is 0 Å². The minimum absolute atomic E-state index is 0.222. The van der Waals surface area contributed by atoms with Crippen LogP contribution < -0.4 is 5.32 Å². The Morgan fingerprint density at radius 1 is 1.18 bits per heavy atom. The number of aromatic nitrogens is 3. The van der Waals surface area contributed by atoms with E-state index >= 15 is 0 Å². The molecule has 0 amide bonds. The number of nitrogens with zero attached hydrogens (tertiary/aromatic N) is 2. The summed E-state index contributed by atoms with van der Waals surface area (Å²) in [4.78, 5) is 24.6. The highest BCUT2D eigenvalue weighted by Gasteiger charge is 2.36. The molecule has 0 fully saturated rings. The summed E-state index contributed by atoms with van der Waals surface area (Å²) in [5.74, 6) is 1.08. The molecule has 112 valence electrons. The molecule has 2 aliphatic rings. The van der Waals surface area contributed by atoms with Gasteiger partial charge in [-0.15, -0.1) is 0 Å². The molecule has 0 radical (unpaired) electrons. The molecule has 3 heterocycles. The van der Waals surface area contributed by atoms with Gasteiger partial charge in [0.05, 0.1) is 5.70 Å². The van der Waals surface area contributed by atoms with Gasteiger partial charge in [-0.25, -0.2) is 4.98 Å². The Kier molecular flexibility index (Phi) is 2.73. The minimum atomic E-state index is -0.222. The molecule has 0 aromatic carbocycles. The van der Waals surface area contributed by atoms with Crippen molar-refractivity contribution in [2.45, 2.75) is 38.6 Å². The predicted molar refractivity (Wildman–Crippen MR) is 83.9 cm³/mol. The van der Waals surface area contributed by atoms with Gasteiger partial charge in [-0.3, -0.25) is 9.78 Å². The quantitative estimate of drug-likeness (QED) is 0.847. The van der Waals surface area contributed by atoms with Crippen LogP contribution in [0.4, 0.5) is 0 Å². The van der Waals surface area contributed by atoms with Crippen molar-refractivity contribution in [1.29, 1.82) is 0 Å². The van der Waals surface area contributed by atoms with Gasteiger partial charge in [-0.05, 0) is 38.8 Å². The Balaban J connectivity index is 1.82. The Hall–Kier alpha value is -2.43. The molecule has 0 spiro atoms. The second-order valence-electron chi connectivity index (χ2n) is 6.61. The first-order chi connectivity index (χ1) is 10.5. The standard InChI is InChI=1S/C17H18N4O/c1-17(2)9-13(22)11-3-4-12-15(14(11)21-17)20-16(19-12)10-5-7-18-8-6-10/h5-8,21H,3-4,9H2,1-2H3,(H,19,20). The number of imidazole rings is 1. The molecule has 1 aliphatic carbocycles. The summed E-state index contributed by atoms with van der Waals surface area (Å²) < 4.78 is 0. The number of fused-ring (bicyclic) bond motifs is 2. The van der Waals surface area contributed by atoms with Crippen molar-refractivity contribution in [3.05, 3.63) is 41.5 Å². The summed E-state index contributed by atoms with van der Waals surface area (Å²) >= 11 is 0. The molecule has 5 nitrogen and oxygen atoms in total. The van der Waals surface area contributed by atoms with Crippen LogP contribution in [0.25, 0.3) is 17.1 Å². The molecule has 0 unspecified atom stereocenters. The zero-order valence-corrected chi connectivity index (χ0v) is 12.7. The van der Waals surface area contributed by atoms with Gasteiger partial charge in [0.25, 0.3) is 0 Å². The van der Waals surface area contributed by atoms with Gasteiger partial charge in [0.1, 0.15) is 11.5 Å². The number of Topliss-reactive ketones (excluding diaryl/α,β-unsaturated/α-hetero) is 1. The summed E-state index contributed by atoms with van der Waals surface area (Å²) in [5.41, 5.74) is 4.60. The Morgan fingerprint density at radius 3 is 2.73 bits per heavy atom. The Bertz CT molecular complexity index is 786.